The molecule has 1 atom stereocenters. The Labute approximate surface area is 134 Å². The fourth-order valence-electron chi connectivity index (χ4n) is 2.57. The highest BCUT2D eigenvalue weighted by molar-refractivity contribution is 5.64. The Balaban J connectivity index is 1.91. The number of fused-ring (bicyclic) bond motifs is 1. The van der Waals surface area contributed by atoms with Crippen molar-refractivity contribution >= 4 is 6.08 Å². The van der Waals surface area contributed by atoms with Gasteiger partial charge in [0, 0.05) is 17.5 Å². The van der Waals surface area contributed by atoms with Crippen LogP contribution >= 0.6 is 0 Å². The van der Waals surface area contributed by atoms with Crippen LogP contribution in [0.2, 0.25) is 0 Å². The van der Waals surface area contributed by atoms with Gasteiger partial charge in [-0.25, -0.2) is 0 Å². The van der Waals surface area contributed by atoms with E-state index in [1.807, 2.05) is 18.2 Å². The molecular weight excluding hydrogens is 296 g/mol. The first-order valence-corrected chi connectivity index (χ1v) is 7.21. The zero-order chi connectivity index (χ0) is 16.4. The summed E-state index contributed by atoms with van der Waals surface area (Å²) in [4.78, 5) is 0. The van der Waals surface area contributed by atoms with E-state index in [9.17, 15) is 10.2 Å². The van der Waals surface area contributed by atoms with Crippen molar-refractivity contribution < 1.29 is 24.4 Å². The quantitative estimate of drug-likeness (QED) is 0.910. The van der Waals surface area contributed by atoms with E-state index >= 15 is 0 Å². The van der Waals surface area contributed by atoms with E-state index in [2.05, 4.69) is 0 Å². The molecule has 0 aliphatic carbocycles. The molecule has 0 spiro atoms. The largest absolute Gasteiger partial charge is 0.504 e. The molecule has 2 aromatic carbocycles. The maximum atomic E-state index is 9.88. The molecule has 0 saturated heterocycles. The Bertz CT molecular complexity index is 751. The van der Waals surface area contributed by atoms with Crippen LogP contribution in [0, 0.1) is 0 Å². The Morgan fingerprint density at radius 1 is 1.00 bits per heavy atom. The summed E-state index contributed by atoms with van der Waals surface area (Å²) >= 11 is 0. The minimum absolute atomic E-state index is 0.00466. The first kappa shape index (κ1) is 15.1. The van der Waals surface area contributed by atoms with Gasteiger partial charge in [-0.3, -0.25) is 0 Å². The number of ether oxygens (including phenoxy) is 3. The second kappa shape index (κ2) is 6.12. The van der Waals surface area contributed by atoms with Gasteiger partial charge in [-0.2, -0.15) is 0 Å². The Morgan fingerprint density at radius 2 is 1.74 bits per heavy atom. The molecule has 0 aromatic heterocycles. The molecule has 0 unspecified atom stereocenters. The van der Waals surface area contributed by atoms with E-state index in [-0.39, 0.29) is 17.4 Å². The topological polar surface area (TPSA) is 68.2 Å². The van der Waals surface area contributed by atoms with Gasteiger partial charge in [0.05, 0.1) is 20.8 Å². The number of aromatic hydroxyl groups is 2. The summed E-state index contributed by atoms with van der Waals surface area (Å²) in [5.74, 6) is 1.64. The average molecular weight is 314 g/mol. The van der Waals surface area contributed by atoms with Gasteiger partial charge in [-0.1, -0.05) is 18.2 Å². The third-order valence-electron chi connectivity index (χ3n) is 3.87. The Kier molecular flexibility index (Phi) is 4.02. The number of phenols is 2. The molecule has 23 heavy (non-hydrogen) atoms. The van der Waals surface area contributed by atoms with Gasteiger partial charge in [0.15, 0.2) is 23.0 Å². The summed E-state index contributed by atoms with van der Waals surface area (Å²) in [5.41, 5.74) is 1.76. The number of methoxy groups -OCH3 is 2. The van der Waals surface area contributed by atoms with Crippen molar-refractivity contribution in [2.45, 2.75) is 5.92 Å². The second-order valence-electron chi connectivity index (χ2n) is 5.27. The summed E-state index contributed by atoms with van der Waals surface area (Å²) in [7, 11) is 3.02. The van der Waals surface area contributed by atoms with Crippen LogP contribution in [0.25, 0.3) is 6.08 Å². The molecule has 5 heteroatoms. The van der Waals surface area contributed by atoms with E-state index in [0.29, 0.717) is 23.9 Å². The molecule has 2 aromatic rings. The normalized spacial score (nSPS) is 16.2. The summed E-state index contributed by atoms with van der Waals surface area (Å²) in [6.45, 7) is 0.436. The standard InChI is InChI=1S/C18H18O5/c1-21-17-8-11(5-6-14(17)19)13-4-3-12-7-15(20)18(22-2)9-16(12)23-10-13/h3-9,13,19-20H,10H2,1-2H3/t13-/m1/s1. The SMILES string of the molecule is COc1cc([C@@H]2C=Cc3cc(O)c(OC)cc3OC2)ccc1O. The van der Waals surface area contributed by atoms with Crippen molar-refractivity contribution in [2.75, 3.05) is 20.8 Å². The molecule has 5 nitrogen and oxygen atoms in total. The summed E-state index contributed by atoms with van der Waals surface area (Å²) in [6.07, 6.45) is 3.91. The van der Waals surface area contributed by atoms with Crippen LogP contribution in [0.1, 0.15) is 17.0 Å². The summed E-state index contributed by atoms with van der Waals surface area (Å²) in [6, 6.07) is 8.53. The lowest BCUT2D eigenvalue weighted by molar-refractivity contribution is 0.303. The van der Waals surface area contributed by atoms with Crippen LogP contribution in [0.5, 0.6) is 28.7 Å². The predicted octanol–water partition coefficient (Wildman–Crippen LogP) is 3.30. The second-order valence-corrected chi connectivity index (χ2v) is 5.27. The number of hydrogen-bond acceptors (Lipinski definition) is 5. The fourth-order valence-corrected chi connectivity index (χ4v) is 2.57. The van der Waals surface area contributed by atoms with E-state index in [0.717, 1.165) is 11.1 Å². The maximum Gasteiger partial charge on any atom is 0.164 e. The van der Waals surface area contributed by atoms with Gasteiger partial charge in [0.25, 0.3) is 0 Å². The molecule has 0 radical (unpaired) electrons. The molecule has 0 saturated carbocycles. The maximum absolute atomic E-state index is 9.88. The first-order valence-electron chi connectivity index (χ1n) is 7.21. The van der Waals surface area contributed by atoms with Gasteiger partial charge in [0.1, 0.15) is 5.75 Å². The monoisotopic (exact) mass is 314 g/mol. The zero-order valence-electron chi connectivity index (χ0n) is 12.9. The average Bonchev–Trinajstić information content (AvgIpc) is 2.76. The molecule has 3 rings (SSSR count). The Morgan fingerprint density at radius 3 is 2.48 bits per heavy atom. The molecule has 2 N–H and O–H groups in total. The third kappa shape index (κ3) is 2.90. The molecule has 0 amide bonds. The van der Waals surface area contributed by atoms with Gasteiger partial charge >= 0.3 is 0 Å². The minimum Gasteiger partial charge on any atom is -0.504 e. The highest BCUT2D eigenvalue weighted by Crippen LogP contribution is 2.38. The lowest BCUT2D eigenvalue weighted by atomic mass is 9.98. The smallest absolute Gasteiger partial charge is 0.164 e. The molecule has 120 valence electrons. The number of phenolic OH excluding ortho intramolecular Hbond substituents is 2. The van der Waals surface area contributed by atoms with Crippen molar-refractivity contribution in [1.29, 1.82) is 0 Å². The molecule has 0 bridgehead atoms. The lowest BCUT2D eigenvalue weighted by Gasteiger charge is -2.15. The van der Waals surface area contributed by atoms with Gasteiger partial charge in [-0.15, -0.1) is 0 Å². The number of hydrogen-bond donors (Lipinski definition) is 2. The van der Waals surface area contributed by atoms with Crippen molar-refractivity contribution in [2.24, 2.45) is 0 Å². The highest BCUT2D eigenvalue weighted by Gasteiger charge is 2.18. The van der Waals surface area contributed by atoms with Crippen molar-refractivity contribution in [3.05, 3.63) is 47.5 Å². The van der Waals surface area contributed by atoms with Crippen molar-refractivity contribution in [3.8, 4) is 28.7 Å². The molecule has 1 aliphatic heterocycles. The first-order chi connectivity index (χ1) is 11.1. The van der Waals surface area contributed by atoms with Crippen LogP contribution in [-0.2, 0) is 0 Å². The van der Waals surface area contributed by atoms with Crippen molar-refractivity contribution in [3.63, 3.8) is 0 Å². The van der Waals surface area contributed by atoms with Crippen LogP contribution in [0.15, 0.2) is 36.4 Å². The third-order valence-corrected chi connectivity index (χ3v) is 3.87. The van der Waals surface area contributed by atoms with E-state index in [1.54, 1.807) is 24.3 Å². The van der Waals surface area contributed by atoms with Gasteiger partial charge < -0.3 is 24.4 Å². The molecule has 0 fully saturated rings. The van der Waals surface area contributed by atoms with Crippen LogP contribution in [0.3, 0.4) is 0 Å². The number of rotatable bonds is 3. The lowest BCUT2D eigenvalue weighted by Crippen LogP contribution is -2.07. The summed E-state index contributed by atoms with van der Waals surface area (Å²) < 4.78 is 16.1. The predicted molar refractivity (Wildman–Crippen MR) is 86.6 cm³/mol. The minimum atomic E-state index is 0.00466. The molecule has 1 heterocycles. The van der Waals surface area contributed by atoms with Crippen LogP contribution in [-0.4, -0.2) is 31.0 Å². The molecule has 1 aliphatic rings. The van der Waals surface area contributed by atoms with E-state index < -0.39 is 0 Å². The van der Waals surface area contributed by atoms with Crippen molar-refractivity contribution in [1.82, 2.24) is 0 Å². The van der Waals surface area contributed by atoms with Gasteiger partial charge in [-0.05, 0) is 23.8 Å². The van der Waals surface area contributed by atoms with E-state index in [4.69, 9.17) is 14.2 Å². The molecular formula is C18H18O5. The zero-order valence-corrected chi connectivity index (χ0v) is 12.9. The summed E-state index contributed by atoms with van der Waals surface area (Å²) in [5, 5.41) is 19.6. The van der Waals surface area contributed by atoms with Crippen LogP contribution in [0.4, 0.5) is 0 Å². The van der Waals surface area contributed by atoms with E-state index in [1.165, 1.54) is 14.2 Å². The fraction of sp³-hybridized carbons (Fsp3) is 0.222. The number of benzene rings is 2. The van der Waals surface area contributed by atoms with Crippen LogP contribution < -0.4 is 14.2 Å². The highest BCUT2D eigenvalue weighted by atomic mass is 16.5. The Hall–Kier alpha value is -2.82. The van der Waals surface area contributed by atoms with Gasteiger partial charge in [0.2, 0.25) is 0 Å².